The lowest BCUT2D eigenvalue weighted by molar-refractivity contribution is 0.251. The molecule has 1 aromatic carbocycles. The molecule has 6 heteroatoms. The van der Waals surface area contributed by atoms with Gasteiger partial charge in [-0.15, -0.1) is 0 Å². The number of hydrogen-bond donors (Lipinski definition) is 2. The minimum absolute atomic E-state index is 0.279. The van der Waals surface area contributed by atoms with Gasteiger partial charge in [-0.1, -0.05) is 18.2 Å². The third-order valence-corrected chi connectivity index (χ3v) is 2.88. The second-order valence-corrected chi connectivity index (χ2v) is 4.41. The number of anilines is 1. The molecule has 2 N–H and O–H groups in total. The Bertz CT molecular complexity index is 607. The van der Waals surface area contributed by atoms with Gasteiger partial charge < -0.3 is 10.1 Å². The summed E-state index contributed by atoms with van der Waals surface area (Å²) in [6, 6.07) is 9.09. The first-order valence-electron chi connectivity index (χ1n) is 6.27. The summed E-state index contributed by atoms with van der Waals surface area (Å²) in [5.41, 5.74) is 1.78. The SMILES string of the molecule is COc1ccccc1CNC(=O)Nc1cc(C)nn1C. The number of urea groups is 1. The average molecular weight is 274 g/mol. The van der Waals surface area contributed by atoms with E-state index in [1.807, 2.05) is 37.3 Å². The second-order valence-electron chi connectivity index (χ2n) is 4.41. The van der Waals surface area contributed by atoms with Crippen LogP contribution >= 0.6 is 0 Å². The Labute approximate surface area is 117 Å². The van der Waals surface area contributed by atoms with Crippen molar-refractivity contribution in [2.75, 3.05) is 12.4 Å². The standard InChI is InChI=1S/C14H18N4O2/c1-10-8-13(18(2)17-10)16-14(19)15-9-11-6-4-5-7-12(11)20-3/h4-8H,9H2,1-3H3,(H2,15,16,19). The second kappa shape index (κ2) is 6.10. The third kappa shape index (κ3) is 3.28. The summed E-state index contributed by atoms with van der Waals surface area (Å²) >= 11 is 0. The summed E-state index contributed by atoms with van der Waals surface area (Å²) < 4.78 is 6.86. The highest BCUT2D eigenvalue weighted by atomic mass is 16.5. The van der Waals surface area contributed by atoms with Crippen molar-refractivity contribution in [1.82, 2.24) is 15.1 Å². The number of carbonyl (C=O) groups is 1. The Kier molecular flexibility index (Phi) is 4.24. The number of nitrogens with zero attached hydrogens (tertiary/aromatic N) is 2. The van der Waals surface area contributed by atoms with Crippen LogP contribution in [0.3, 0.4) is 0 Å². The van der Waals surface area contributed by atoms with Gasteiger partial charge in [-0.3, -0.25) is 10.00 Å². The fraction of sp³-hybridized carbons (Fsp3) is 0.286. The molecule has 0 aliphatic heterocycles. The molecule has 6 nitrogen and oxygen atoms in total. The first kappa shape index (κ1) is 13.9. The molecule has 1 heterocycles. The molecular formula is C14H18N4O2. The Morgan fingerprint density at radius 1 is 1.40 bits per heavy atom. The van der Waals surface area contributed by atoms with Gasteiger partial charge in [0.1, 0.15) is 11.6 Å². The maximum absolute atomic E-state index is 11.8. The molecule has 2 aromatic rings. The van der Waals surface area contributed by atoms with Crippen LogP contribution in [0.2, 0.25) is 0 Å². The minimum Gasteiger partial charge on any atom is -0.496 e. The van der Waals surface area contributed by atoms with E-state index in [9.17, 15) is 4.79 Å². The van der Waals surface area contributed by atoms with Gasteiger partial charge in [0.2, 0.25) is 0 Å². The van der Waals surface area contributed by atoms with E-state index in [0.29, 0.717) is 12.4 Å². The minimum atomic E-state index is -0.279. The van der Waals surface area contributed by atoms with Crippen molar-refractivity contribution < 1.29 is 9.53 Å². The van der Waals surface area contributed by atoms with Crippen molar-refractivity contribution in [3.63, 3.8) is 0 Å². The predicted octanol–water partition coefficient (Wildman–Crippen LogP) is 2.06. The lowest BCUT2D eigenvalue weighted by Crippen LogP contribution is -2.29. The first-order valence-corrected chi connectivity index (χ1v) is 6.27. The van der Waals surface area contributed by atoms with Crippen LogP contribution in [0, 0.1) is 6.92 Å². The molecule has 0 radical (unpaired) electrons. The number of amides is 2. The smallest absolute Gasteiger partial charge is 0.320 e. The third-order valence-electron chi connectivity index (χ3n) is 2.88. The summed E-state index contributed by atoms with van der Waals surface area (Å²) in [7, 11) is 3.39. The van der Waals surface area contributed by atoms with Crippen LogP contribution in [-0.2, 0) is 13.6 Å². The maximum Gasteiger partial charge on any atom is 0.320 e. The zero-order chi connectivity index (χ0) is 14.5. The number of para-hydroxylation sites is 1. The quantitative estimate of drug-likeness (QED) is 0.896. The first-order chi connectivity index (χ1) is 9.60. The van der Waals surface area contributed by atoms with Crippen LogP contribution in [0.1, 0.15) is 11.3 Å². The fourth-order valence-corrected chi connectivity index (χ4v) is 1.91. The van der Waals surface area contributed by atoms with E-state index in [2.05, 4.69) is 15.7 Å². The largest absolute Gasteiger partial charge is 0.496 e. The van der Waals surface area contributed by atoms with Crippen molar-refractivity contribution in [2.24, 2.45) is 7.05 Å². The van der Waals surface area contributed by atoms with Crippen LogP contribution in [0.15, 0.2) is 30.3 Å². The molecule has 0 saturated carbocycles. The zero-order valence-electron chi connectivity index (χ0n) is 11.8. The highest BCUT2D eigenvalue weighted by Gasteiger charge is 2.08. The Morgan fingerprint density at radius 2 is 2.15 bits per heavy atom. The van der Waals surface area contributed by atoms with Gasteiger partial charge in [-0.05, 0) is 13.0 Å². The topological polar surface area (TPSA) is 68.2 Å². The van der Waals surface area contributed by atoms with E-state index >= 15 is 0 Å². The van der Waals surface area contributed by atoms with Crippen molar-refractivity contribution in [2.45, 2.75) is 13.5 Å². The highest BCUT2D eigenvalue weighted by Crippen LogP contribution is 2.16. The Balaban J connectivity index is 1.94. The van der Waals surface area contributed by atoms with E-state index in [-0.39, 0.29) is 6.03 Å². The number of benzene rings is 1. The van der Waals surface area contributed by atoms with Crippen LogP contribution in [0.25, 0.3) is 0 Å². The summed E-state index contributed by atoms with van der Waals surface area (Å²) in [6.07, 6.45) is 0. The molecule has 0 spiro atoms. The summed E-state index contributed by atoms with van der Waals surface area (Å²) in [5, 5.41) is 9.70. The van der Waals surface area contributed by atoms with Crippen LogP contribution < -0.4 is 15.4 Å². The lowest BCUT2D eigenvalue weighted by atomic mass is 10.2. The predicted molar refractivity (Wildman–Crippen MR) is 76.8 cm³/mol. The van der Waals surface area contributed by atoms with E-state index in [1.165, 1.54) is 0 Å². The average Bonchev–Trinajstić information content (AvgIpc) is 2.75. The number of aryl methyl sites for hydroxylation is 2. The van der Waals surface area contributed by atoms with Crippen molar-refractivity contribution in [3.8, 4) is 5.75 Å². The number of hydrogen-bond acceptors (Lipinski definition) is 3. The maximum atomic E-state index is 11.8. The molecule has 0 bridgehead atoms. The number of nitrogens with one attached hydrogen (secondary N) is 2. The van der Waals surface area contributed by atoms with Crippen molar-refractivity contribution in [3.05, 3.63) is 41.6 Å². The molecular weight excluding hydrogens is 256 g/mol. The van der Waals surface area contributed by atoms with Gasteiger partial charge in [-0.2, -0.15) is 5.10 Å². The summed E-state index contributed by atoms with van der Waals surface area (Å²) in [5.74, 6) is 1.41. The number of carbonyl (C=O) groups excluding carboxylic acids is 1. The summed E-state index contributed by atoms with van der Waals surface area (Å²) in [4.78, 5) is 11.8. The number of methoxy groups -OCH3 is 1. The lowest BCUT2D eigenvalue weighted by Gasteiger charge is -2.10. The van der Waals surface area contributed by atoms with Gasteiger partial charge in [0.15, 0.2) is 0 Å². The molecule has 0 atom stereocenters. The molecule has 0 aliphatic rings. The molecule has 2 amide bonds. The molecule has 0 fully saturated rings. The molecule has 0 unspecified atom stereocenters. The van der Waals surface area contributed by atoms with Crippen molar-refractivity contribution in [1.29, 1.82) is 0 Å². The Morgan fingerprint density at radius 3 is 2.80 bits per heavy atom. The number of rotatable bonds is 4. The van der Waals surface area contributed by atoms with E-state index < -0.39 is 0 Å². The number of ether oxygens (including phenoxy) is 1. The Hall–Kier alpha value is -2.50. The normalized spacial score (nSPS) is 10.2. The van der Waals surface area contributed by atoms with E-state index in [1.54, 1.807) is 18.8 Å². The molecule has 2 rings (SSSR count). The highest BCUT2D eigenvalue weighted by molar-refractivity contribution is 5.88. The molecule has 0 saturated heterocycles. The van der Waals surface area contributed by atoms with Gasteiger partial charge in [-0.25, -0.2) is 4.79 Å². The van der Waals surface area contributed by atoms with Gasteiger partial charge in [0.25, 0.3) is 0 Å². The monoisotopic (exact) mass is 274 g/mol. The van der Waals surface area contributed by atoms with Crippen LogP contribution in [0.5, 0.6) is 5.75 Å². The zero-order valence-corrected chi connectivity index (χ0v) is 11.8. The molecule has 0 aliphatic carbocycles. The van der Waals surface area contributed by atoms with Crippen LogP contribution in [0.4, 0.5) is 10.6 Å². The number of aromatic nitrogens is 2. The molecule has 106 valence electrons. The molecule has 1 aromatic heterocycles. The van der Waals surface area contributed by atoms with Crippen molar-refractivity contribution >= 4 is 11.8 Å². The van der Waals surface area contributed by atoms with E-state index in [0.717, 1.165) is 17.0 Å². The fourth-order valence-electron chi connectivity index (χ4n) is 1.91. The van der Waals surface area contributed by atoms with E-state index in [4.69, 9.17) is 4.74 Å². The van der Waals surface area contributed by atoms with Gasteiger partial charge in [0, 0.05) is 25.2 Å². The van der Waals surface area contributed by atoms with Gasteiger partial charge >= 0.3 is 6.03 Å². The molecule has 20 heavy (non-hydrogen) atoms. The van der Waals surface area contributed by atoms with Crippen LogP contribution in [-0.4, -0.2) is 22.9 Å². The van der Waals surface area contributed by atoms with Gasteiger partial charge in [0.05, 0.1) is 12.8 Å². The summed E-state index contributed by atoms with van der Waals surface area (Å²) in [6.45, 7) is 2.27.